The molecule has 0 saturated carbocycles. The van der Waals surface area contributed by atoms with Gasteiger partial charge in [-0.05, 0) is 42.0 Å². The summed E-state index contributed by atoms with van der Waals surface area (Å²) in [5.41, 5.74) is 0.844. The molecule has 5 nitrogen and oxygen atoms in total. The summed E-state index contributed by atoms with van der Waals surface area (Å²) < 4.78 is 39.8. The Hall–Kier alpha value is -1.92. The van der Waals surface area contributed by atoms with E-state index < -0.39 is 9.84 Å². The first kappa shape index (κ1) is 16.9. The second-order valence-corrected chi connectivity index (χ2v) is 7.91. The molecule has 0 amide bonds. The second-order valence-electron chi connectivity index (χ2n) is 5.49. The van der Waals surface area contributed by atoms with Crippen LogP contribution in [-0.4, -0.2) is 27.9 Å². The SMILES string of the molecule is CS(=O)(=O)c1ccc(OCc2cc(Cl)c3c(c2)OCCCO3)cc1. The highest BCUT2D eigenvalue weighted by molar-refractivity contribution is 7.90. The molecule has 0 N–H and O–H groups in total. The first-order valence-corrected chi connectivity index (χ1v) is 9.71. The van der Waals surface area contributed by atoms with E-state index in [-0.39, 0.29) is 11.5 Å². The number of benzene rings is 2. The van der Waals surface area contributed by atoms with Gasteiger partial charge in [-0.2, -0.15) is 0 Å². The third-order valence-electron chi connectivity index (χ3n) is 3.52. The minimum absolute atomic E-state index is 0.258. The molecule has 0 aromatic heterocycles. The maximum Gasteiger partial charge on any atom is 0.179 e. The molecular formula is C17H17ClO5S. The van der Waals surface area contributed by atoms with Gasteiger partial charge in [0, 0.05) is 12.7 Å². The number of ether oxygens (including phenoxy) is 3. The second kappa shape index (κ2) is 6.91. The number of sulfone groups is 1. The molecule has 7 heteroatoms. The zero-order chi connectivity index (χ0) is 17.2. The van der Waals surface area contributed by atoms with Crippen LogP contribution in [0.5, 0.6) is 17.2 Å². The summed E-state index contributed by atoms with van der Waals surface area (Å²) in [7, 11) is -3.21. The van der Waals surface area contributed by atoms with Crippen molar-refractivity contribution in [3.8, 4) is 17.2 Å². The molecule has 2 aromatic carbocycles. The Kier molecular flexibility index (Phi) is 4.87. The Balaban J connectivity index is 1.73. The molecule has 0 spiro atoms. The first-order chi connectivity index (χ1) is 11.4. The predicted octanol–water partition coefficient (Wildman–Crippen LogP) is 3.48. The molecule has 0 atom stereocenters. The number of hydrogen-bond acceptors (Lipinski definition) is 5. The Labute approximate surface area is 146 Å². The maximum absolute atomic E-state index is 11.4. The van der Waals surface area contributed by atoms with Crippen molar-refractivity contribution in [2.24, 2.45) is 0 Å². The highest BCUT2D eigenvalue weighted by atomic mass is 35.5. The fourth-order valence-corrected chi connectivity index (χ4v) is 3.24. The molecule has 0 radical (unpaired) electrons. The van der Waals surface area contributed by atoms with E-state index in [2.05, 4.69) is 0 Å². The van der Waals surface area contributed by atoms with Crippen LogP contribution in [0.2, 0.25) is 5.02 Å². The molecule has 0 aliphatic carbocycles. The van der Waals surface area contributed by atoms with Crippen molar-refractivity contribution in [2.45, 2.75) is 17.9 Å². The average Bonchev–Trinajstić information content (AvgIpc) is 2.78. The number of fused-ring (bicyclic) bond motifs is 1. The summed E-state index contributed by atoms with van der Waals surface area (Å²) in [6.07, 6.45) is 1.98. The Morgan fingerprint density at radius 2 is 1.83 bits per heavy atom. The van der Waals surface area contributed by atoms with Crippen molar-refractivity contribution >= 4 is 21.4 Å². The van der Waals surface area contributed by atoms with E-state index in [0.717, 1.165) is 12.0 Å². The van der Waals surface area contributed by atoms with Crippen LogP contribution in [0.3, 0.4) is 0 Å². The largest absolute Gasteiger partial charge is 0.489 e. The van der Waals surface area contributed by atoms with E-state index in [1.807, 2.05) is 6.07 Å². The topological polar surface area (TPSA) is 61.8 Å². The van der Waals surface area contributed by atoms with Crippen molar-refractivity contribution < 1.29 is 22.6 Å². The quantitative estimate of drug-likeness (QED) is 0.826. The molecule has 1 aliphatic heterocycles. The smallest absolute Gasteiger partial charge is 0.179 e. The summed E-state index contributed by atoms with van der Waals surface area (Å²) in [4.78, 5) is 0.258. The average molecular weight is 369 g/mol. The normalized spacial score (nSPS) is 14.1. The van der Waals surface area contributed by atoms with Crippen LogP contribution in [0.4, 0.5) is 0 Å². The Morgan fingerprint density at radius 3 is 2.54 bits per heavy atom. The third kappa shape index (κ3) is 3.94. The van der Waals surface area contributed by atoms with Crippen molar-refractivity contribution in [1.29, 1.82) is 0 Å². The van der Waals surface area contributed by atoms with Gasteiger partial charge in [0.15, 0.2) is 21.3 Å². The van der Waals surface area contributed by atoms with Gasteiger partial charge in [-0.1, -0.05) is 11.6 Å². The van der Waals surface area contributed by atoms with Gasteiger partial charge in [0.2, 0.25) is 0 Å². The maximum atomic E-state index is 11.4. The van der Waals surface area contributed by atoms with Gasteiger partial charge in [0.05, 0.1) is 23.1 Å². The van der Waals surface area contributed by atoms with E-state index >= 15 is 0 Å². The van der Waals surface area contributed by atoms with Crippen LogP contribution in [0, 0.1) is 0 Å². The molecule has 0 saturated heterocycles. The zero-order valence-corrected chi connectivity index (χ0v) is 14.7. The van der Waals surface area contributed by atoms with Crippen LogP contribution < -0.4 is 14.2 Å². The highest BCUT2D eigenvalue weighted by Crippen LogP contribution is 2.38. The van der Waals surface area contributed by atoms with Gasteiger partial charge >= 0.3 is 0 Å². The summed E-state index contributed by atoms with van der Waals surface area (Å²) >= 11 is 6.25. The molecule has 2 aromatic rings. The monoisotopic (exact) mass is 368 g/mol. The van der Waals surface area contributed by atoms with Gasteiger partial charge in [-0.3, -0.25) is 0 Å². The van der Waals surface area contributed by atoms with Crippen LogP contribution >= 0.6 is 11.6 Å². The minimum atomic E-state index is -3.21. The lowest BCUT2D eigenvalue weighted by atomic mass is 10.2. The molecule has 24 heavy (non-hydrogen) atoms. The predicted molar refractivity (Wildman–Crippen MR) is 90.9 cm³/mol. The minimum Gasteiger partial charge on any atom is -0.489 e. The molecule has 128 valence electrons. The first-order valence-electron chi connectivity index (χ1n) is 7.44. The number of halogens is 1. The molecular weight excluding hydrogens is 352 g/mol. The van der Waals surface area contributed by atoms with E-state index in [9.17, 15) is 8.42 Å². The lowest BCUT2D eigenvalue weighted by Gasteiger charge is -2.12. The van der Waals surface area contributed by atoms with Gasteiger partial charge in [0.1, 0.15) is 12.4 Å². The Morgan fingerprint density at radius 1 is 1.12 bits per heavy atom. The van der Waals surface area contributed by atoms with Gasteiger partial charge in [0.25, 0.3) is 0 Å². The lowest BCUT2D eigenvalue weighted by Crippen LogP contribution is -2.00. The zero-order valence-electron chi connectivity index (χ0n) is 13.1. The molecule has 1 heterocycles. The van der Waals surface area contributed by atoms with Crippen LogP contribution in [0.15, 0.2) is 41.3 Å². The fourth-order valence-electron chi connectivity index (χ4n) is 2.32. The van der Waals surface area contributed by atoms with Crippen LogP contribution in [-0.2, 0) is 16.4 Å². The summed E-state index contributed by atoms with van der Waals surface area (Å²) in [6, 6.07) is 9.91. The van der Waals surface area contributed by atoms with Crippen molar-refractivity contribution in [2.75, 3.05) is 19.5 Å². The third-order valence-corrected chi connectivity index (χ3v) is 4.93. The lowest BCUT2D eigenvalue weighted by molar-refractivity contribution is 0.295. The standard InChI is InChI=1S/C17H17ClO5S/c1-24(19,20)14-5-3-13(4-6-14)23-11-12-9-15(18)17-16(10-12)21-7-2-8-22-17/h3-6,9-10H,2,7-8,11H2,1H3. The van der Waals surface area contributed by atoms with Crippen LogP contribution in [0.1, 0.15) is 12.0 Å². The fraction of sp³-hybridized carbons (Fsp3) is 0.294. The number of rotatable bonds is 4. The van der Waals surface area contributed by atoms with E-state index in [0.29, 0.717) is 35.5 Å². The summed E-state index contributed by atoms with van der Waals surface area (Å²) in [5.74, 6) is 1.76. The van der Waals surface area contributed by atoms with Crippen molar-refractivity contribution in [3.63, 3.8) is 0 Å². The molecule has 0 unspecified atom stereocenters. The van der Waals surface area contributed by atoms with E-state index in [1.54, 1.807) is 18.2 Å². The summed E-state index contributed by atoms with van der Waals surface area (Å²) in [5, 5.41) is 0.487. The van der Waals surface area contributed by atoms with E-state index in [4.69, 9.17) is 25.8 Å². The van der Waals surface area contributed by atoms with Crippen molar-refractivity contribution in [1.82, 2.24) is 0 Å². The molecule has 3 rings (SSSR count). The highest BCUT2D eigenvalue weighted by Gasteiger charge is 2.16. The van der Waals surface area contributed by atoms with Crippen LogP contribution in [0.25, 0.3) is 0 Å². The van der Waals surface area contributed by atoms with Crippen molar-refractivity contribution in [3.05, 3.63) is 47.0 Å². The molecule has 0 bridgehead atoms. The Bertz CT molecular complexity index is 831. The number of hydrogen-bond donors (Lipinski definition) is 0. The van der Waals surface area contributed by atoms with Gasteiger partial charge < -0.3 is 14.2 Å². The van der Waals surface area contributed by atoms with Gasteiger partial charge in [-0.15, -0.1) is 0 Å². The summed E-state index contributed by atoms with van der Waals surface area (Å²) in [6.45, 7) is 1.45. The van der Waals surface area contributed by atoms with Gasteiger partial charge in [-0.25, -0.2) is 8.42 Å². The van der Waals surface area contributed by atoms with E-state index in [1.165, 1.54) is 18.4 Å². The molecule has 1 aliphatic rings. The molecule has 0 fully saturated rings.